The van der Waals surface area contributed by atoms with E-state index in [0.717, 1.165) is 135 Å². The van der Waals surface area contributed by atoms with E-state index in [-0.39, 0.29) is 31.1 Å². The Hall–Kier alpha value is -3.93. The highest BCUT2D eigenvalue weighted by atomic mass is 16.6. The summed E-state index contributed by atoms with van der Waals surface area (Å²) in [5, 5.41) is 0. The van der Waals surface area contributed by atoms with Crippen molar-refractivity contribution in [2.24, 2.45) is 0 Å². The standard InChI is InChI=1S/C77H132O6/c1-4-7-10-13-16-19-22-25-28-30-32-34-36-38-40-42-44-46-49-52-55-58-61-64-67-70-76(79)82-73-74(72-81-75(78)69-66-63-60-57-54-51-48-27-24-21-18-15-12-9-6-3)83-77(80)71-68-65-62-59-56-53-50-47-45-43-41-39-37-35-33-31-29-26-23-20-17-14-11-8-5-2/h7,10,16,18-19,21,25,27-28,31-34,38,40,44,46,48,74H,4-6,8-9,11-15,17,20,22-24,26,29-30,35-37,39,41-43,45,47,49-73H2,1-3H3/b10-7-,19-16-,21-18-,28-25-,33-31-,34-32-,40-38-,46-44-,48-27-. The Balaban J connectivity index is 4.37. The Bertz CT molecular complexity index is 1660. The average Bonchev–Trinajstić information content (AvgIpc) is 3.49. The minimum Gasteiger partial charge on any atom is -0.462 e. The fraction of sp³-hybridized carbons (Fsp3) is 0.727. The molecule has 0 rings (SSSR count). The first-order chi connectivity index (χ1) is 41.0. The average molecular weight is 1150 g/mol. The van der Waals surface area contributed by atoms with E-state index in [4.69, 9.17) is 14.2 Å². The largest absolute Gasteiger partial charge is 0.462 e. The monoisotopic (exact) mass is 1150 g/mol. The molecule has 0 saturated heterocycles. The maximum Gasteiger partial charge on any atom is 0.306 e. The zero-order valence-electron chi connectivity index (χ0n) is 54.7. The maximum absolute atomic E-state index is 13.0. The van der Waals surface area contributed by atoms with Crippen LogP contribution in [0.1, 0.15) is 342 Å². The summed E-state index contributed by atoms with van der Waals surface area (Å²) < 4.78 is 17.0. The zero-order valence-corrected chi connectivity index (χ0v) is 54.7. The second-order valence-corrected chi connectivity index (χ2v) is 23.4. The van der Waals surface area contributed by atoms with E-state index in [1.165, 1.54) is 167 Å². The summed E-state index contributed by atoms with van der Waals surface area (Å²) in [6.07, 6.45) is 96.8. The van der Waals surface area contributed by atoms with Crippen LogP contribution >= 0.6 is 0 Å². The molecule has 6 nitrogen and oxygen atoms in total. The highest BCUT2D eigenvalue weighted by Gasteiger charge is 2.19. The topological polar surface area (TPSA) is 78.9 Å². The van der Waals surface area contributed by atoms with Gasteiger partial charge in [-0.25, -0.2) is 0 Å². The lowest BCUT2D eigenvalue weighted by atomic mass is 10.0. The van der Waals surface area contributed by atoms with Gasteiger partial charge in [-0.15, -0.1) is 0 Å². The Morgan fingerprint density at radius 1 is 0.253 bits per heavy atom. The molecule has 0 bridgehead atoms. The van der Waals surface area contributed by atoms with E-state index in [0.29, 0.717) is 19.3 Å². The molecule has 0 radical (unpaired) electrons. The second-order valence-electron chi connectivity index (χ2n) is 23.4. The summed E-state index contributed by atoms with van der Waals surface area (Å²) >= 11 is 0. The van der Waals surface area contributed by atoms with Crippen molar-refractivity contribution in [2.75, 3.05) is 13.2 Å². The van der Waals surface area contributed by atoms with Gasteiger partial charge in [0.25, 0.3) is 0 Å². The van der Waals surface area contributed by atoms with Crippen LogP contribution in [0.3, 0.4) is 0 Å². The number of hydrogen-bond acceptors (Lipinski definition) is 6. The molecule has 6 heteroatoms. The van der Waals surface area contributed by atoms with Crippen LogP contribution in [0.2, 0.25) is 0 Å². The van der Waals surface area contributed by atoms with Crippen molar-refractivity contribution in [1.82, 2.24) is 0 Å². The van der Waals surface area contributed by atoms with Gasteiger partial charge in [-0.3, -0.25) is 14.4 Å². The molecule has 0 aliphatic rings. The summed E-state index contributed by atoms with van der Waals surface area (Å²) in [7, 11) is 0. The Morgan fingerprint density at radius 3 is 0.771 bits per heavy atom. The van der Waals surface area contributed by atoms with Crippen LogP contribution in [-0.4, -0.2) is 37.2 Å². The summed E-state index contributed by atoms with van der Waals surface area (Å²) in [6.45, 7) is 6.51. The SMILES string of the molecule is CC/C=C\C/C=C\C/C=C\C/C=C\C/C=C\C/C=C\CCCCCCCCC(=O)OCC(COC(=O)CCCCCCC/C=C\C/C=C\CCCCC)OC(=O)CCCCCCCCCCCCCCC/C=C\CCCCCCCCCC. The first kappa shape index (κ1) is 79.1. The molecule has 0 amide bonds. The lowest BCUT2D eigenvalue weighted by molar-refractivity contribution is -0.167. The van der Waals surface area contributed by atoms with Gasteiger partial charge in [0.1, 0.15) is 13.2 Å². The van der Waals surface area contributed by atoms with Gasteiger partial charge in [0.15, 0.2) is 6.10 Å². The first-order valence-electron chi connectivity index (χ1n) is 35.4. The van der Waals surface area contributed by atoms with E-state index in [1.54, 1.807) is 0 Å². The van der Waals surface area contributed by atoms with E-state index < -0.39 is 6.10 Å². The van der Waals surface area contributed by atoms with Gasteiger partial charge in [-0.1, -0.05) is 304 Å². The van der Waals surface area contributed by atoms with Gasteiger partial charge in [-0.05, 0) is 128 Å². The third kappa shape index (κ3) is 68.7. The number of carbonyl (C=O) groups excluding carboxylic acids is 3. The van der Waals surface area contributed by atoms with Crippen LogP contribution in [0, 0.1) is 0 Å². The van der Waals surface area contributed by atoms with Crippen LogP contribution in [0.25, 0.3) is 0 Å². The van der Waals surface area contributed by atoms with Gasteiger partial charge in [0, 0.05) is 19.3 Å². The number of allylic oxidation sites excluding steroid dienone is 18. The van der Waals surface area contributed by atoms with Crippen LogP contribution in [0.4, 0.5) is 0 Å². The Labute approximate surface area is 514 Å². The van der Waals surface area contributed by atoms with E-state index in [1.807, 2.05) is 0 Å². The molecule has 0 fully saturated rings. The molecule has 1 unspecified atom stereocenters. The molecule has 0 saturated carbocycles. The van der Waals surface area contributed by atoms with Crippen molar-refractivity contribution in [2.45, 2.75) is 348 Å². The minimum absolute atomic E-state index is 0.0895. The summed E-state index contributed by atoms with van der Waals surface area (Å²) in [6, 6.07) is 0. The molecule has 0 aliphatic heterocycles. The Morgan fingerprint density at radius 2 is 0.470 bits per heavy atom. The molecular formula is C77H132O6. The number of hydrogen-bond donors (Lipinski definition) is 0. The number of unbranched alkanes of at least 4 members (excludes halogenated alkanes) is 35. The van der Waals surface area contributed by atoms with Crippen molar-refractivity contribution in [3.05, 3.63) is 109 Å². The highest BCUT2D eigenvalue weighted by molar-refractivity contribution is 5.71. The van der Waals surface area contributed by atoms with Gasteiger partial charge in [0.2, 0.25) is 0 Å². The van der Waals surface area contributed by atoms with Crippen LogP contribution in [0.15, 0.2) is 109 Å². The van der Waals surface area contributed by atoms with Crippen molar-refractivity contribution in [1.29, 1.82) is 0 Å². The van der Waals surface area contributed by atoms with Crippen molar-refractivity contribution in [3.8, 4) is 0 Å². The van der Waals surface area contributed by atoms with Crippen LogP contribution in [0.5, 0.6) is 0 Å². The second kappa shape index (κ2) is 70.6. The predicted octanol–water partition coefficient (Wildman–Crippen LogP) is 24.6. The first-order valence-corrected chi connectivity index (χ1v) is 35.4. The lowest BCUT2D eigenvalue weighted by Crippen LogP contribution is -2.30. The maximum atomic E-state index is 13.0. The fourth-order valence-corrected chi connectivity index (χ4v) is 9.94. The smallest absolute Gasteiger partial charge is 0.306 e. The molecule has 0 aromatic heterocycles. The number of rotatable bonds is 64. The summed E-state index contributed by atoms with van der Waals surface area (Å²) in [4.78, 5) is 38.5. The van der Waals surface area contributed by atoms with E-state index in [9.17, 15) is 14.4 Å². The molecule has 0 aromatic carbocycles. The molecule has 1 atom stereocenters. The van der Waals surface area contributed by atoms with Crippen LogP contribution in [-0.2, 0) is 28.6 Å². The number of esters is 3. The lowest BCUT2D eigenvalue weighted by Gasteiger charge is -2.18. The van der Waals surface area contributed by atoms with Crippen molar-refractivity contribution in [3.63, 3.8) is 0 Å². The van der Waals surface area contributed by atoms with E-state index >= 15 is 0 Å². The Kier molecular flexibility index (Phi) is 67.2. The number of carbonyl (C=O) groups is 3. The van der Waals surface area contributed by atoms with Gasteiger partial charge < -0.3 is 14.2 Å². The molecule has 83 heavy (non-hydrogen) atoms. The van der Waals surface area contributed by atoms with Gasteiger partial charge in [0.05, 0.1) is 0 Å². The number of ether oxygens (including phenoxy) is 3. The molecule has 0 heterocycles. The zero-order chi connectivity index (χ0) is 59.9. The third-order valence-electron chi connectivity index (χ3n) is 15.2. The molecule has 0 spiro atoms. The molecule has 0 aromatic rings. The molecule has 0 aliphatic carbocycles. The summed E-state index contributed by atoms with van der Waals surface area (Å²) in [5.41, 5.74) is 0. The van der Waals surface area contributed by atoms with Gasteiger partial charge >= 0.3 is 17.9 Å². The van der Waals surface area contributed by atoms with Crippen LogP contribution < -0.4 is 0 Å². The van der Waals surface area contributed by atoms with Crippen molar-refractivity contribution >= 4 is 17.9 Å². The fourth-order valence-electron chi connectivity index (χ4n) is 9.94. The molecule has 0 N–H and O–H groups in total. The normalized spacial score (nSPS) is 12.8. The summed E-state index contributed by atoms with van der Waals surface area (Å²) in [5.74, 6) is -0.904. The van der Waals surface area contributed by atoms with Crippen molar-refractivity contribution < 1.29 is 28.6 Å². The minimum atomic E-state index is -0.794. The predicted molar refractivity (Wildman–Crippen MR) is 362 cm³/mol. The van der Waals surface area contributed by atoms with Gasteiger partial charge in [-0.2, -0.15) is 0 Å². The third-order valence-corrected chi connectivity index (χ3v) is 15.2. The molecular weight excluding hydrogens is 1020 g/mol. The van der Waals surface area contributed by atoms with E-state index in [2.05, 4.69) is 130 Å². The highest BCUT2D eigenvalue weighted by Crippen LogP contribution is 2.17. The quantitative estimate of drug-likeness (QED) is 0.0261. The molecule has 476 valence electrons.